The number of hydrogen-bond donors (Lipinski definition) is 1. The van der Waals surface area contributed by atoms with E-state index in [1.165, 1.54) is 6.92 Å². The quantitative estimate of drug-likeness (QED) is 0.834. The largest absolute Gasteiger partial charge is 0.493 e. The summed E-state index contributed by atoms with van der Waals surface area (Å²) in [5.74, 6) is 1.39. The molecule has 108 valence electrons. The number of rotatable bonds is 5. The summed E-state index contributed by atoms with van der Waals surface area (Å²) in [5.41, 5.74) is 0.585. The third kappa shape index (κ3) is 3.50. The molecule has 2 rings (SSSR count). The van der Waals surface area contributed by atoms with Gasteiger partial charge in [-0.05, 0) is 31.5 Å². The minimum atomic E-state index is -0.0189. The van der Waals surface area contributed by atoms with Gasteiger partial charge < -0.3 is 14.8 Å². The van der Waals surface area contributed by atoms with Crippen LogP contribution in [0.1, 0.15) is 30.1 Å². The van der Waals surface area contributed by atoms with E-state index in [9.17, 15) is 9.59 Å². The van der Waals surface area contributed by atoms with Gasteiger partial charge in [0.05, 0.1) is 13.7 Å². The Morgan fingerprint density at radius 1 is 1.40 bits per heavy atom. The summed E-state index contributed by atoms with van der Waals surface area (Å²) in [6.07, 6.45) is 1.38. The molecule has 1 atom stereocenters. The van der Waals surface area contributed by atoms with Crippen LogP contribution in [0.4, 0.5) is 0 Å². The third-order valence-corrected chi connectivity index (χ3v) is 3.39. The highest BCUT2D eigenvalue weighted by molar-refractivity contribution is 5.94. The Bertz CT molecular complexity index is 513. The molecular weight excluding hydrogens is 258 g/mol. The number of amides is 1. The molecule has 1 heterocycles. The van der Waals surface area contributed by atoms with E-state index in [4.69, 9.17) is 9.47 Å². The van der Waals surface area contributed by atoms with E-state index in [2.05, 4.69) is 5.32 Å². The van der Waals surface area contributed by atoms with Crippen molar-refractivity contribution in [3.63, 3.8) is 0 Å². The molecule has 0 bridgehead atoms. The van der Waals surface area contributed by atoms with E-state index >= 15 is 0 Å². The van der Waals surface area contributed by atoms with E-state index < -0.39 is 0 Å². The zero-order valence-corrected chi connectivity index (χ0v) is 11.8. The average molecular weight is 277 g/mol. The maximum Gasteiger partial charge on any atom is 0.220 e. The van der Waals surface area contributed by atoms with Crippen molar-refractivity contribution < 1.29 is 19.1 Å². The van der Waals surface area contributed by atoms with Crippen LogP contribution in [-0.2, 0) is 4.79 Å². The van der Waals surface area contributed by atoms with Crippen molar-refractivity contribution in [1.82, 2.24) is 5.32 Å². The van der Waals surface area contributed by atoms with Crippen LogP contribution in [-0.4, -0.2) is 32.0 Å². The molecule has 1 saturated heterocycles. The van der Waals surface area contributed by atoms with Crippen LogP contribution in [0.15, 0.2) is 18.2 Å². The van der Waals surface area contributed by atoms with Crippen LogP contribution >= 0.6 is 0 Å². The number of carbonyl (C=O) groups excluding carboxylic acids is 2. The minimum absolute atomic E-state index is 0.0189. The molecule has 1 aromatic rings. The van der Waals surface area contributed by atoms with Crippen molar-refractivity contribution in [1.29, 1.82) is 0 Å². The molecule has 0 radical (unpaired) electrons. The van der Waals surface area contributed by atoms with E-state index in [-0.39, 0.29) is 17.6 Å². The van der Waals surface area contributed by atoms with Crippen LogP contribution in [0.2, 0.25) is 0 Å². The third-order valence-electron chi connectivity index (χ3n) is 3.39. The Kier molecular flexibility index (Phi) is 4.61. The van der Waals surface area contributed by atoms with E-state index in [0.717, 1.165) is 6.42 Å². The minimum Gasteiger partial charge on any atom is -0.493 e. The summed E-state index contributed by atoms with van der Waals surface area (Å²) in [7, 11) is 1.56. The van der Waals surface area contributed by atoms with Crippen LogP contribution in [0.3, 0.4) is 0 Å². The lowest BCUT2D eigenvalue weighted by molar-refractivity contribution is -0.123. The number of benzene rings is 1. The van der Waals surface area contributed by atoms with E-state index in [1.54, 1.807) is 25.3 Å². The summed E-state index contributed by atoms with van der Waals surface area (Å²) >= 11 is 0. The highest BCUT2D eigenvalue weighted by Crippen LogP contribution is 2.29. The standard InChI is InChI=1S/C15H19NO4/c1-10(17)12-3-4-13(19-2)14(8-12)20-9-11-5-6-16-15(18)7-11/h3-4,8,11H,5-7,9H2,1-2H3,(H,16,18). The van der Waals surface area contributed by atoms with Gasteiger partial charge in [-0.2, -0.15) is 0 Å². The zero-order valence-electron chi connectivity index (χ0n) is 11.8. The fourth-order valence-corrected chi connectivity index (χ4v) is 2.21. The predicted octanol–water partition coefficient (Wildman–Crippen LogP) is 1.80. The fourth-order valence-electron chi connectivity index (χ4n) is 2.21. The van der Waals surface area contributed by atoms with Crippen molar-refractivity contribution in [2.75, 3.05) is 20.3 Å². The first-order valence-corrected chi connectivity index (χ1v) is 6.68. The summed E-state index contributed by atoms with van der Waals surface area (Å²) < 4.78 is 11.0. The van der Waals surface area contributed by atoms with Crippen LogP contribution in [0.25, 0.3) is 0 Å². The summed E-state index contributed by atoms with van der Waals surface area (Å²) in [6, 6.07) is 5.12. The first kappa shape index (κ1) is 14.4. The number of piperidine rings is 1. The smallest absolute Gasteiger partial charge is 0.220 e. The van der Waals surface area contributed by atoms with Crippen molar-refractivity contribution in [3.8, 4) is 11.5 Å². The van der Waals surface area contributed by atoms with E-state index in [0.29, 0.717) is 36.6 Å². The molecule has 1 aliphatic rings. The Labute approximate surface area is 118 Å². The summed E-state index contributed by atoms with van der Waals surface area (Å²) in [4.78, 5) is 22.7. The van der Waals surface area contributed by atoms with Gasteiger partial charge in [0.25, 0.3) is 0 Å². The van der Waals surface area contributed by atoms with Crippen molar-refractivity contribution in [2.24, 2.45) is 5.92 Å². The average Bonchev–Trinajstić information content (AvgIpc) is 2.44. The Balaban J connectivity index is 2.05. The number of hydrogen-bond acceptors (Lipinski definition) is 4. The van der Waals surface area contributed by atoms with Gasteiger partial charge in [-0.25, -0.2) is 0 Å². The van der Waals surface area contributed by atoms with Gasteiger partial charge in [-0.1, -0.05) is 0 Å². The lowest BCUT2D eigenvalue weighted by atomic mass is 9.99. The number of carbonyl (C=O) groups is 2. The molecule has 1 aromatic carbocycles. The second-order valence-corrected chi connectivity index (χ2v) is 4.94. The zero-order chi connectivity index (χ0) is 14.5. The topological polar surface area (TPSA) is 64.6 Å². The monoisotopic (exact) mass is 277 g/mol. The first-order chi connectivity index (χ1) is 9.60. The summed E-state index contributed by atoms with van der Waals surface area (Å²) in [5, 5.41) is 2.79. The Hall–Kier alpha value is -2.04. The normalized spacial score (nSPS) is 18.3. The predicted molar refractivity (Wildman–Crippen MR) is 74.2 cm³/mol. The second kappa shape index (κ2) is 6.41. The van der Waals surface area contributed by atoms with Crippen LogP contribution < -0.4 is 14.8 Å². The van der Waals surface area contributed by atoms with Gasteiger partial charge in [0.1, 0.15) is 0 Å². The molecule has 5 nitrogen and oxygen atoms in total. The SMILES string of the molecule is COc1ccc(C(C)=O)cc1OCC1CCNC(=O)C1. The molecule has 0 aliphatic carbocycles. The van der Waals surface area contributed by atoms with Crippen molar-refractivity contribution in [2.45, 2.75) is 19.8 Å². The van der Waals surface area contributed by atoms with Gasteiger partial charge in [0.2, 0.25) is 5.91 Å². The van der Waals surface area contributed by atoms with Crippen LogP contribution in [0, 0.1) is 5.92 Å². The Morgan fingerprint density at radius 2 is 2.20 bits per heavy atom. The van der Waals surface area contributed by atoms with Gasteiger partial charge in [0.15, 0.2) is 17.3 Å². The van der Waals surface area contributed by atoms with Crippen molar-refractivity contribution >= 4 is 11.7 Å². The van der Waals surface area contributed by atoms with Gasteiger partial charge in [-0.3, -0.25) is 9.59 Å². The van der Waals surface area contributed by atoms with E-state index in [1.807, 2.05) is 0 Å². The van der Waals surface area contributed by atoms with Crippen LogP contribution in [0.5, 0.6) is 11.5 Å². The number of methoxy groups -OCH3 is 1. The molecular formula is C15H19NO4. The highest BCUT2D eigenvalue weighted by Gasteiger charge is 2.20. The highest BCUT2D eigenvalue weighted by atomic mass is 16.5. The van der Waals surface area contributed by atoms with Gasteiger partial charge in [0, 0.05) is 24.4 Å². The van der Waals surface area contributed by atoms with Gasteiger partial charge >= 0.3 is 0 Å². The molecule has 5 heteroatoms. The molecule has 0 aromatic heterocycles. The molecule has 0 saturated carbocycles. The maximum atomic E-state index is 11.4. The number of Topliss-reactive ketones (excluding diaryl/α,β-unsaturated/α-hetero) is 1. The fraction of sp³-hybridized carbons (Fsp3) is 0.467. The molecule has 0 spiro atoms. The van der Waals surface area contributed by atoms with Gasteiger partial charge in [-0.15, -0.1) is 0 Å². The molecule has 1 N–H and O–H groups in total. The molecule has 1 unspecified atom stereocenters. The lowest BCUT2D eigenvalue weighted by Crippen LogP contribution is -2.35. The van der Waals surface area contributed by atoms with Crippen molar-refractivity contribution in [3.05, 3.63) is 23.8 Å². The second-order valence-electron chi connectivity index (χ2n) is 4.94. The number of ketones is 1. The number of nitrogens with one attached hydrogen (secondary N) is 1. The lowest BCUT2D eigenvalue weighted by Gasteiger charge is -2.22. The molecule has 1 fully saturated rings. The maximum absolute atomic E-state index is 11.4. The number of ether oxygens (including phenoxy) is 2. The molecule has 1 aliphatic heterocycles. The Morgan fingerprint density at radius 3 is 2.85 bits per heavy atom. The molecule has 1 amide bonds. The first-order valence-electron chi connectivity index (χ1n) is 6.68. The summed E-state index contributed by atoms with van der Waals surface area (Å²) in [6.45, 7) is 2.65. The molecule has 20 heavy (non-hydrogen) atoms.